The van der Waals surface area contributed by atoms with E-state index in [0.717, 1.165) is 40.5 Å². The predicted octanol–water partition coefficient (Wildman–Crippen LogP) is 4.04. The number of hydrogen-bond acceptors (Lipinski definition) is 6. The summed E-state index contributed by atoms with van der Waals surface area (Å²) in [6.45, 7) is 9.07. The molecule has 0 saturated heterocycles. The topological polar surface area (TPSA) is 50.7 Å². The summed E-state index contributed by atoms with van der Waals surface area (Å²) in [5, 5.41) is 7.92. The average molecular weight is 318 g/mol. The van der Waals surface area contributed by atoms with Crippen LogP contribution in [0.4, 0.5) is 5.82 Å². The third-order valence-corrected chi connectivity index (χ3v) is 5.56. The van der Waals surface area contributed by atoms with Crippen molar-refractivity contribution < 1.29 is 0 Å². The molecular formula is C15H18N4S2. The van der Waals surface area contributed by atoms with Gasteiger partial charge in [-0.25, -0.2) is 15.0 Å². The fourth-order valence-corrected chi connectivity index (χ4v) is 4.15. The number of fused-ring (bicyclic) bond motifs is 1. The largest absolute Gasteiger partial charge is 0.369 e. The Balaban J connectivity index is 1.77. The SMILES string of the molecule is Cc1nc(NCCc2nc(C)c(C)s2)c2c(C)csc2n1. The summed E-state index contributed by atoms with van der Waals surface area (Å²) >= 11 is 3.46. The summed E-state index contributed by atoms with van der Waals surface area (Å²) < 4.78 is 0. The zero-order valence-corrected chi connectivity index (χ0v) is 14.3. The zero-order valence-electron chi connectivity index (χ0n) is 12.6. The maximum Gasteiger partial charge on any atom is 0.138 e. The standard InChI is InChI=1S/C15H18N4S2/c1-8-7-20-15-13(8)14(18-11(4)19-15)16-6-5-12-17-9(2)10(3)21-12/h7H,5-6H2,1-4H3,(H,16,18,19). The lowest BCUT2D eigenvalue weighted by atomic mass is 10.2. The Hall–Kier alpha value is -1.53. The van der Waals surface area contributed by atoms with Crippen molar-refractivity contribution in [2.45, 2.75) is 34.1 Å². The maximum absolute atomic E-state index is 4.58. The summed E-state index contributed by atoms with van der Waals surface area (Å²) in [6.07, 6.45) is 0.924. The second-order valence-electron chi connectivity index (χ2n) is 5.14. The van der Waals surface area contributed by atoms with Crippen LogP contribution >= 0.6 is 22.7 Å². The number of thiazole rings is 1. The molecule has 3 aromatic rings. The van der Waals surface area contributed by atoms with Gasteiger partial charge >= 0.3 is 0 Å². The highest BCUT2D eigenvalue weighted by Gasteiger charge is 2.10. The van der Waals surface area contributed by atoms with Crippen LogP contribution in [-0.2, 0) is 6.42 Å². The van der Waals surface area contributed by atoms with Crippen LogP contribution in [0.3, 0.4) is 0 Å². The van der Waals surface area contributed by atoms with E-state index in [1.807, 2.05) is 6.92 Å². The van der Waals surface area contributed by atoms with Gasteiger partial charge in [0, 0.05) is 17.8 Å². The smallest absolute Gasteiger partial charge is 0.138 e. The molecule has 3 heterocycles. The first kappa shape index (κ1) is 14.4. The first-order valence-corrected chi connectivity index (χ1v) is 8.63. The molecule has 0 aliphatic rings. The van der Waals surface area contributed by atoms with Gasteiger partial charge in [-0.1, -0.05) is 0 Å². The van der Waals surface area contributed by atoms with Crippen LogP contribution in [0.5, 0.6) is 0 Å². The molecule has 6 heteroatoms. The number of nitrogens with one attached hydrogen (secondary N) is 1. The van der Waals surface area contributed by atoms with E-state index < -0.39 is 0 Å². The van der Waals surface area contributed by atoms with E-state index in [1.54, 1.807) is 22.7 Å². The second kappa shape index (κ2) is 5.69. The molecular weight excluding hydrogens is 300 g/mol. The van der Waals surface area contributed by atoms with Gasteiger partial charge in [0.05, 0.1) is 16.1 Å². The fourth-order valence-electron chi connectivity index (χ4n) is 2.25. The highest BCUT2D eigenvalue weighted by atomic mass is 32.1. The Morgan fingerprint density at radius 2 is 1.90 bits per heavy atom. The van der Waals surface area contributed by atoms with E-state index in [-0.39, 0.29) is 0 Å². The lowest BCUT2D eigenvalue weighted by molar-refractivity contribution is 0.970. The fraction of sp³-hybridized carbons (Fsp3) is 0.400. The number of hydrogen-bond donors (Lipinski definition) is 1. The van der Waals surface area contributed by atoms with Crippen molar-refractivity contribution in [2.24, 2.45) is 0 Å². The molecule has 0 aliphatic carbocycles. The van der Waals surface area contributed by atoms with Crippen molar-refractivity contribution in [2.75, 3.05) is 11.9 Å². The Bertz CT molecular complexity index is 769. The number of aromatic nitrogens is 3. The van der Waals surface area contributed by atoms with E-state index in [4.69, 9.17) is 0 Å². The van der Waals surface area contributed by atoms with E-state index in [9.17, 15) is 0 Å². The quantitative estimate of drug-likeness (QED) is 0.789. The summed E-state index contributed by atoms with van der Waals surface area (Å²) in [6, 6.07) is 0. The molecule has 0 spiro atoms. The molecule has 1 N–H and O–H groups in total. The summed E-state index contributed by atoms with van der Waals surface area (Å²) in [5.74, 6) is 1.76. The first-order chi connectivity index (χ1) is 10.0. The van der Waals surface area contributed by atoms with Crippen LogP contribution < -0.4 is 5.32 Å². The van der Waals surface area contributed by atoms with Gasteiger partial charge in [0.25, 0.3) is 0 Å². The van der Waals surface area contributed by atoms with E-state index in [2.05, 4.69) is 46.4 Å². The number of thiophene rings is 1. The highest BCUT2D eigenvalue weighted by Crippen LogP contribution is 2.29. The normalized spacial score (nSPS) is 11.2. The monoisotopic (exact) mass is 318 g/mol. The highest BCUT2D eigenvalue weighted by molar-refractivity contribution is 7.17. The maximum atomic E-state index is 4.58. The van der Waals surface area contributed by atoms with Gasteiger partial charge in [0.15, 0.2) is 0 Å². The molecule has 0 atom stereocenters. The Morgan fingerprint density at radius 3 is 2.62 bits per heavy atom. The van der Waals surface area contributed by atoms with E-state index in [1.165, 1.54) is 15.4 Å². The molecule has 0 bridgehead atoms. The van der Waals surface area contributed by atoms with Gasteiger partial charge in [-0.05, 0) is 38.6 Å². The Morgan fingerprint density at radius 1 is 1.10 bits per heavy atom. The van der Waals surface area contributed by atoms with Crippen LogP contribution in [-0.4, -0.2) is 21.5 Å². The van der Waals surface area contributed by atoms with Crippen LogP contribution in [0.2, 0.25) is 0 Å². The second-order valence-corrected chi connectivity index (χ2v) is 7.29. The zero-order chi connectivity index (χ0) is 15.0. The Labute approximate surface area is 132 Å². The first-order valence-electron chi connectivity index (χ1n) is 6.94. The van der Waals surface area contributed by atoms with Gasteiger partial charge in [-0.15, -0.1) is 22.7 Å². The van der Waals surface area contributed by atoms with Crippen molar-refractivity contribution in [1.29, 1.82) is 0 Å². The molecule has 3 aromatic heterocycles. The van der Waals surface area contributed by atoms with Crippen LogP contribution in [0.15, 0.2) is 5.38 Å². The minimum absolute atomic E-state index is 0.813. The van der Waals surface area contributed by atoms with Gasteiger partial charge in [-0.2, -0.15) is 0 Å². The van der Waals surface area contributed by atoms with Gasteiger partial charge in [-0.3, -0.25) is 0 Å². The van der Waals surface area contributed by atoms with Crippen LogP contribution in [0.25, 0.3) is 10.2 Å². The van der Waals surface area contributed by atoms with Crippen LogP contribution in [0.1, 0.15) is 27.0 Å². The molecule has 0 aromatic carbocycles. The average Bonchev–Trinajstić information content (AvgIpc) is 2.94. The molecule has 3 rings (SSSR count). The number of rotatable bonds is 4. The molecule has 110 valence electrons. The third-order valence-electron chi connectivity index (χ3n) is 3.43. The minimum Gasteiger partial charge on any atom is -0.369 e. The van der Waals surface area contributed by atoms with Crippen LogP contribution in [0, 0.1) is 27.7 Å². The molecule has 21 heavy (non-hydrogen) atoms. The van der Waals surface area contributed by atoms with Crippen molar-refractivity contribution in [1.82, 2.24) is 15.0 Å². The molecule has 4 nitrogen and oxygen atoms in total. The van der Waals surface area contributed by atoms with Gasteiger partial charge in [0.1, 0.15) is 16.5 Å². The van der Waals surface area contributed by atoms with E-state index >= 15 is 0 Å². The molecule has 0 aliphatic heterocycles. The lowest BCUT2D eigenvalue weighted by Crippen LogP contribution is -2.08. The van der Waals surface area contributed by atoms with E-state index in [0.29, 0.717) is 0 Å². The Kier molecular flexibility index (Phi) is 3.91. The molecule has 0 amide bonds. The van der Waals surface area contributed by atoms with Gasteiger partial charge < -0.3 is 5.32 Å². The molecule has 0 fully saturated rings. The summed E-state index contributed by atoms with van der Waals surface area (Å²) in [4.78, 5) is 16.0. The third kappa shape index (κ3) is 2.91. The lowest BCUT2D eigenvalue weighted by Gasteiger charge is -2.07. The summed E-state index contributed by atoms with van der Waals surface area (Å²) in [7, 11) is 0. The predicted molar refractivity (Wildman–Crippen MR) is 90.7 cm³/mol. The number of anilines is 1. The van der Waals surface area contributed by atoms with Crippen molar-refractivity contribution in [3.63, 3.8) is 0 Å². The minimum atomic E-state index is 0.813. The number of nitrogens with zero attached hydrogens (tertiary/aromatic N) is 3. The molecule has 0 saturated carbocycles. The molecule has 0 radical (unpaired) electrons. The van der Waals surface area contributed by atoms with Crippen molar-refractivity contribution in [3.05, 3.63) is 32.3 Å². The summed E-state index contributed by atoms with van der Waals surface area (Å²) in [5.41, 5.74) is 2.38. The van der Waals surface area contributed by atoms with Crippen molar-refractivity contribution >= 4 is 38.7 Å². The molecule has 0 unspecified atom stereocenters. The van der Waals surface area contributed by atoms with Crippen molar-refractivity contribution in [3.8, 4) is 0 Å². The number of aryl methyl sites for hydroxylation is 4. The van der Waals surface area contributed by atoms with Gasteiger partial charge in [0.2, 0.25) is 0 Å².